The average molecular weight is 356 g/mol. The van der Waals surface area contributed by atoms with Gasteiger partial charge >= 0.3 is 0 Å². The Kier molecular flexibility index (Phi) is 6.73. The highest BCUT2D eigenvalue weighted by molar-refractivity contribution is 6.03. The molecule has 0 fully saturated rings. The van der Waals surface area contributed by atoms with E-state index in [1.165, 1.54) is 18.2 Å². The number of nitro benzene ring substituents is 1. The van der Waals surface area contributed by atoms with Crippen LogP contribution >= 0.6 is 0 Å². The molecule has 0 unspecified atom stereocenters. The molecule has 0 aliphatic rings. The first kappa shape index (κ1) is 19.0. The minimum atomic E-state index is -0.555. The van der Waals surface area contributed by atoms with E-state index in [0.29, 0.717) is 18.1 Å². The number of hydrogen-bond acceptors (Lipinski definition) is 5. The Morgan fingerprint density at radius 2 is 2.04 bits per heavy atom. The fraction of sp³-hybridized carbons (Fsp3) is 0.211. The molecule has 2 aromatic carbocycles. The Balaban J connectivity index is 2.12. The number of carbonyl (C=O) groups is 1. The SMILES string of the molecule is CCCOc1ccc(NC(=O)/C=C/c2cccc(OC)c2)c([N+](=O)[O-])c1. The van der Waals surface area contributed by atoms with Crippen molar-refractivity contribution in [2.24, 2.45) is 0 Å². The predicted molar refractivity (Wildman–Crippen MR) is 99.5 cm³/mol. The number of methoxy groups -OCH3 is 1. The number of ether oxygens (including phenoxy) is 2. The molecular formula is C19H20N2O5. The number of carbonyl (C=O) groups excluding carboxylic acids is 1. The third-order valence-corrected chi connectivity index (χ3v) is 3.42. The molecule has 0 saturated carbocycles. The molecule has 26 heavy (non-hydrogen) atoms. The second-order valence-corrected chi connectivity index (χ2v) is 5.38. The van der Waals surface area contributed by atoms with Gasteiger partial charge in [-0.05, 0) is 42.3 Å². The van der Waals surface area contributed by atoms with Gasteiger partial charge in [-0.3, -0.25) is 14.9 Å². The van der Waals surface area contributed by atoms with Gasteiger partial charge in [-0.1, -0.05) is 19.1 Å². The van der Waals surface area contributed by atoms with Crippen molar-refractivity contribution in [2.45, 2.75) is 13.3 Å². The van der Waals surface area contributed by atoms with Crippen molar-refractivity contribution in [1.82, 2.24) is 0 Å². The first-order valence-electron chi connectivity index (χ1n) is 8.08. The predicted octanol–water partition coefficient (Wildman–Crippen LogP) is 4.04. The maximum Gasteiger partial charge on any atom is 0.296 e. The highest BCUT2D eigenvalue weighted by Gasteiger charge is 2.16. The van der Waals surface area contributed by atoms with E-state index in [4.69, 9.17) is 9.47 Å². The van der Waals surface area contributed by atoms with Crippen LogP contribution in [0.1, 0.15) is 18.9 Å². The van der Waals surface area contributed by atoms with E-state index < -0.39 is 10.8 Å². The van der Waals surface area contributed by atoms with E-state index in [0.717, 1.165) is 12.0 Å². The number of nitro groups is 1. The molecule has 0 aliphatic carbocycles. The number of rotatable bonds is 8. The zero-order valence-corrected chi connectivity index (χ0v) is 14.6. The highest BCUT2D eigenvalue weighted by Crippen LogP contribution is 2.29. The minimum Gasteiger partial charge on any atom is -0.497 e. The lowest BCUT2D eigenvalue weighted by atomic mass is 10.2. The lowest BCUT2D eigenvalue weighted by Gasteiger charge is -2.07. The Labute approximate surface area is 151 Å². The molecule has 2 aromatic rings. The Morgan fingerprint density at radius 3 is 2.73 bits per heavy atom. The van der Waals surface area contributed by atoms with Crippen LogP contribution in [0.5, 0.6) is 11.5 Å². The van der Waals surface area contributed by atoms with Crippen LogP contribution in [-0.2, 0) is 4.79 Å². The molecule has 7 nitrogen and oxygen atoms in total. The molecule has 0 radical (unpaired) electrons. The zero-order chi connectivity index (χ0) is 18.9. The zero-order valence-electron chi connectivity index (χ0n) is 14.6. The summed E-state index contributed by atoms with van der Waals surface area (Å²) in [6.07, 6.45) is 3.70. The van der Waals surface area contributed by atoms with Gasteiger partial charge in [-0.25, -0.2) is 0 Å². The van der Waals surface area contributed by atoms with Crippen LogP contribution < -0.4 is 14.8 Å². The van der Waals surface area contributed by atoms with Gasteiger partial charge in [0.15, 0.2) is 0 Å². The molecule has 0 atom stereocenters. The second-order valence-electron chi connectivity index (χ2n) is 5.38. The number of benzene rings is 2. The second kappa shape index (κ2) is 9.22. The summed E-state index contributed by atoms with van der Waals surface area (Å²) in [5, 5.41) is 13.8. The summed E-state index contributed by atoms with van der Waals surface area (Å²) in [5.74, 6) is 0.590. The Morgan fingerprint density at radius 1 is 1.23 bits per heavy atom. The van der Waals surface area contributed by atoms with Crippen molar-refractivity contribution in [2.75, 3.05) is 19.0 Å². The highest BCUT2D eigenvalue weighted by atomic mass is 16.6. The smallest absolute Gasteiger partial charge is 0.296 e. The number of anilines is 1. The molecule has 2 rings (SSSR count). The average Bonchev–Trinajstić information content (AvgIpc) is 2.65. The third-order valence-electron chi connectivity index (χ3n) is 3.42. The van der Waals surface area contributed by atoms with Gasteiger partial charge in [0, 0.05) is 6.08 Å². The van der Waals surface area contributed by atoms with Gasteiger partial charge < -0.3 is 14.8 Å². The maximum absolute atomic E-state index is 12.1. The minimum absolute atomic E-state index is 0.110. The number of nitrogens with one attached hydrogen (secondary N) is 1. The summed E-state index contributed by atoms with van der Waals surface area (Å²) >= 11 is 0. The van der Waals surface area contributed by atoms with Gasteiger partial charge in [0.05, 0.1) is 24.7 Å². The summed E-state index contributed by atoms with van der Waals surface area (Å²) in [6.45, 7) is 2.41. The molecule has 7 heteroatoms. The van der Waals surface area contributed by atoms with Crippen LogP contribution in [0.3, 0.4) is 0 Å². The topological polar surface area (TPSA) is 90.7 Å². The molecule has 0 aliphatic heterocycles. The molecule has 1 N–H and O–H groups in total. The van der Waals surface area contributed by atoms with Crippen molar-refractivity contribution in [1.29, 1.82) is 0 Å². The third kappa shape index (κ3) is 5.34. The van der Waals surface area contributed by atoms with E-state index >= 15 is 0 Å². The Hall–Kier alpha value is -3.35. The standard InChI is InChI=1S/C19H20N2O5/c1-3-11-26-16-8-9-17(18(13-16)21(23)24)20-19(22)10-7-14-5-4-6-15(12-14)25-2/h4-10,12-13H,3,11H2,1-2H3,(H,20,22)/b10-7+. The van der Waals surface area contributed by atoms with Crippen LogP contribution in [0.2, 0.25) is 0 Å². The monoisotopic (exact) mass is 356 g/mol. The van der Waals surface area contributed by atoms with Gasteiger partial charge in [0.25, 0.3) is 5.69 Å². The van der Waals surface area contributed by atoms with Crippen LogP contribution in [-0.4, -0.2) is 24.5 Å². The molecule has 136 valence electrons. The Bertz CT molecular complexity index is 817. The van der Waals surface area contributed by atoms with Crippen molar-refractivity contribution >= 4 is 23.4 Å². The molecule has 0 aromatic heterocycles. The summed E-state index contributed by atoms with van der Waals surface area (Å²) in [5.41, 5.74) is 0.665. The molecule has 1 amide bonds. The molecule has 0 heterocycles. The lowest BCUT2D eigenvalue weighted by molar-refractivity contribution is -0.384. The summed E-state index contributed by atoms with van der Waals surface area (Å²) in [7, 11) is 1.56. The first-order valence-corrected chi connectivity index (χ1v) is 8.08. The van der Waals surface area contributed by atoms with E-state index in [2.05, 4.69) is 5.32 Å². The van der Waals surface area contributed by atoms with Crippen molar-refractivity contribution in [3.63, 3.8) is 0 Å². The summed E-state index contributed by atoms with van der Waals surface area (Å²) in [4.78, 5) is 22.8. The van der Waals surface area contributed by atoms with Crippen molar-refractivity contribution < 1.29 is 19.2 Å². The van der Waals surface area contributed by atoms with Crippen molar-refractivity contribution in [3.05, 3.63) is 64.2 Å². The quantitative estimate of drug-likeness (QED) is 0.438. The maximum atomic E-state index is 12.1. The molecule has 0 bridgehead atoms. The first-order chi connectivity index (χ1) is 12.5. The van der Waals surface area contributed by atoms with Crippen LogP contribution in [0.15, 0.2) is 48.5 Å². The molecule has 0 spiro atoms. The molecule has 0 saturated heterocycles. The van der Waals surface area contributed by atoms with Crippen molar-refractivity contribution in [3.8, 4) is 11.5 Å². The fourth-order valence-corrected chi connectivity index (χ4v) is 2.17. The number of amides is 1. The van der Waals surface area contributed by atoms with E-state index in [-0.39, 0.29) is 11.4 Å². The summed E-state index contributed by atoms with van der Waals surface area (Å²) in [6, 6.07) is 11.5. The van der Waals surface area contributed by atoms with Gasteiger partial charge in [0.2, 0.25) is 5.91 Å². The number of hydrogen-bond donors (Lipinski definition) is 1. The lowest BCUT2D eigenvalue weighted by Crippen LogP contribution is -2.10. The summed E-state index contributed by atoms with van der Waals surface area (Å²) < 4.78 is 10.5. The molecular weight excluding hydrogens is 336 g/mol. The normalized spacial score (nSPS) is 10.5. The number of nitrogens with zero attached hydrogens (tertiary/aromatic N) is 1. The van der Waals surface area contributed by atoms with Crippen LogP contribution in [0.4, 0.5) is 11.4 Å². The van der Waals surface area contributed by atoms with Gasteiger partial charge in [0.1, 0.15) is 17.2 Å². The van der Waals surface area contributed by atoms with Crippen LogP contribution in [0, 0.1) is 10.1 Å². The van der Waals surface area contributed by atoms with Crippen LogP contribution in [0.25, 0.3) is 6.08 Å². The fourth-order valence-electron chi connectivity index (χ4n) is 2.17. The van der Waals surface area contributed by atoms with E-state index in [1.54, 1.807) is 37.5 Å². The van der Waals surface area contributed by atoms with E-state index in [1.807, 2.05) is 13.0 Å². The van der Waals surface area contributed by atoms with E-state index in [9.17, 15) is 14.9 Å². The van der Waals surface area contributed by atoms with Gasteiger partial charge in [-0.2, -0.15) is 0 Å². The largest absolute Gasteiger partial charge is 0.497 e. The van der Waals surface area contributed by atoms with Gasteiger partial charge in [-0.15, -0.1) is 0 Å².